The first kappa shape index (κ1) is 15.5. The molecule has 0 fully saturated rings. The molecule has 1 aromatic rings. The van der Waals surface area contributed by atoms with E-state index in [0.29, 0.717) is 11.4 Å². The van der Waals surface area contributed by atoms with E-state index < -0.39 is 0 Å². The zero-order chi connectivity index (χ0) is 15.1. The number of rotatable bonds is 4. The van der Waals surface area contributed by atoms with E-state index in [-0.39, 0.29) is 23.7 Å². The second-order valence-electron chi connectivity index (χ2n) is 4.32. The number of carbonyl (C=O) groups is 1. The van der Waals surface area contributed by atoms with Crippen LogP contribution in [0.1, 0.15) is 20.3 Å². The minimum absolute atomic E-state index is 0.0736. The molecular formula is C13H20N6O. The number of nitrogens with two attached hydrogens (primary N) is 3. The molecule has 0 spiro atoms. The van der Waals surface area contributed by atoms with Gasteiger partial charge in [-0.25, -0.2) is 4.99 Å². The van der Waals surface area contributed by atoms with Crippen LogP contribution in [0.5, 0.6) is 0 Å². The molecule has 0 aliphatic carbocycles. The number of guanidine groups is 2. The molecule has 0 aliphatic rings. The standard InChI is InChI=1S/C13H20N6O/c1-3-8(2)11(20)17-9-6-4-5-7-10(9)18-13(16)19-12(14)15/h4-8H,3H2,1-2H3,(H,17,20)(H6,14,15,16,18,19). The van der Waals surface area contributed by atoms with E-state index in [2.05, 4.69) is 15.3 Å². The van der Waals surface area contributed by atoms with E-state index in [0.717, 1.165) is 6.42 Å². The molecule has 1 unspecified atom stereocenters. The molecule has 0 saturated heterocycles. The van der Waals surface area contributed by atoms with Crippen molar-refractivity contribution in [1.82, 2.24) is 0 Å². The second-order valence-corrected chi connectivity index (χ2v) is 4.32. The lowest BCUT2D eigenvalue weighted by Gasteiger charge is -2.11. The van der Waals surface area contributed by atoms with Crippen molar-refractivity contribution in [3.63, 3.8) is 0 Å². The fourth-order valence-electron chi connectivity index (χ4n) is 1.40. The van der Waals surface area contributed by atoms with Crippen molar-refractivity contribution >= 4 is 29.2 Å². The summed E-state index contributed by atoms with van der Waals surface area (Å²) < 4.78 is 0. The van der Waals surface area contributed by atoms with Crippen LogP contribution in [0.25, 0.3) is 0 Å². The monoisotopic (exact) mass is 276 g/mol. The highest BCUT2D eigenvalue weighted by molar-refractivity contribution is 5.97. The predicted octanol–water partition coefficient (Wildman–Crippen LogP) is 0.891. The van der Waals surface area contributed by atoms with Crippen LogP contribution in [-0.2, 0) is 4.79 Å². The number of aliphatic imine (C=N–C) groups is 2. The summed E-state index contributed by atoms with van der Waals surface area (Å²) in [5.74, 6) is -0.403. The van der Waals surface area contributed by atoms with Gasteiger partial charge < -0.3 is 22.5 Å². The van der Waals surface area contributed by atoms with Gasteiger partial charge in [-0.2, -0.15) is 4.99 Å². The zero-order valence-corrected chi connectivity index (χ0v) is 11.6. The summed E-state index contributed by atoms with van der Waals surface area (Å²) in [5.41, 5.74) is 17.1. The average molecular weight is 276 g/mol. The highest BCUT2D eigenvalue weighted by Gasteiger charge is 2.12. The van der Waals surface area contributed by atoms with Crippen LogP contribution in [0.4, 0.5) is 11.4 Å². The smallest absolute Gasteiger partial charge is 0.227 e. The Morgan fingerprint density at radius 1 is 1.30 bits per heavy atom. The Bertz CT molecular complexity index is 533. The maximum Gasteiger partial charge on any atom is 0.227 e. The molecule has 20 heavy (non-hydrogen) atoms. The first-order valence-electron chi connectivity index (χ1n) is 6.27. The number of carbonyl (C=O) groups excluding carboxylic acids is 1. The molecule has 7 nitrogen and oxygen atoms in total. The third-order valence-electron chi connectivity index (χ3n) is 2.70. The molecule has 0 aromatic heterocycles. The van der Waals surface area contributed by atoms with Crippen molar-refractivity contribution in [2.45, 2.75) is 20.3 Å². The molecule has 1 amide bonds. The number of benzene rings is 1. The number of hydrogen-bond acceptors (Lipinski definition) is 2. The van der Waals surface area contributed by atoms with Crippen molar-refractivity contribution in [3.8, 4) is 0 Å². The minimum atomic E-state index is -0.174. The maximum absolute atomic E-state index is 11.9. The Morgan fingerprint density at radius 2 is 1.95 bits per heavy atom. The van der Waals surface area contributed by atoms with Gasteiger partial charge in [-0.3, -0.25) is 4.79 Å². The third kappa shape index (κ3) is 4.60. The molecule has 1 atom stereocenters. The van der Waals surface area contributed by atoms with Crippen molar-refractivity contribution in [1.29, 1.82) is 0 Å². The van der Waals surface area contributed by atoms with Crippen LogP contribution < -0.4 is 22.5 Å². The number of nitrogens with zero attached hydrogens (tertiary/aromatic N) is 2. The first-order chi connectivity index (χ1) is 9.43. The van der Waals surface area contributed by atoms with Crippen LogP contribution in [0.2, 0.25) is 0 Å². The predicted molar refractivity (Wildman–Crippen MR) is 81.6 cm³/mol. The molecular weight excluding hydrogens is 256 g/mol. The number of para-hydroxylation sites is 2. The molecule has 0 heterocycles. The lowest BCUT2D eigenvalue weighted by atomic mass is 10.1. The Balaban J connectivity index is 3.00. The van der Waals surface area contributed by atoms with Gasteiger partial charge in [-0.15, -0.1) is 0 Å². The van der Waals surface area contributed by atoms with Crippen molar-refractivity contribution in [2.24, 2.45) is 33.1 Å². The largest absolute Gasteiger partial charge is 0.370 e. The molecule has 0 bridgehead atoms. The van der Waals surface area contributed by atoms with E-state index in [1.165, 1.54) is 0 Å². The lowest BCUT2D eigenvalue weighted by molar-refractivity contribution is -0.119. The highest BCUT2D eigenvalue weighted by atomic mass is 16.1. The Morgan fingerprint density at radius 3 is 2.55 bits per heavy atom. The number of anilines is 1. The van der Waals surface area contributed by atoms with Gasteiger partial charge in [-0.05, 0) is 18.6 Å². The van der Waals surface area contributed by atoms with Crippen molar-refractivity contribution in [2.75, 3.05) is 5.32 Å². The maximum atomic E-state index is 11.9. The molecule has 0 aliphatic heterocycles. The average Bonchev–Trinajstić information content (AvgIpc) is 2.39. The summed E-state index contributed by atoms with van der Waals surface area (Å²) in [6.07, 6.45) is 0.757. The number of hydrogen-bond donors (Lipinski definition) is 4. The van der Waals surface area contributed by atoms with Gasteiger partial charge in [0.1, 0.15) is 0 Å². The van der Waals surface area contributed by atoms with E-state index in [1.54, 1.807) is 24.3 Å². The van der Waals surface area contributed by atoms with Crippen LogP contribution in [0.15, 0.2) is 34.3 Å². The van der Waals surface area contributed by atoms with Crippen LogP contribution in [0, 0.1) is 5.92 Å². The van der Waals surface area contributed by atoms with Gasteiger partial charge in [0.25, 0.3) is 0 Å². The first-order valence-corrected chi connectivity index (χ1v) is 6.27. The van der Waals surface area contributed by atoms with Crippen molar-refractivity contribution in [3.05, 3.63) is 24.3 Å². The van der Waals surface area contributed by atoms with E-state index in [9.17, 15) is 4.79 Å². The minimum Gasteiger partial charge on any atom is -0.370 e. The number of nitrogens with one attached hydrogen (secondary N) is 1. The van der Waals surface area contributed by atoms with Gasteiger partial charge >= 0.3 is 0 Å². The van der Waals surface area contributed by atoms with Gasteiger partial charge in [0.2, 0.25) is 11.9 Å². The SMILES string of the molecule is CCC(C)C(=O)Nc1ccccc1N=C(N)N=C(N)N. The van der Waals surface area contributed by atoms with Crippen LogP contribution in [0.3, 0.4) is 0 Å². The number of amides is 1. The summed E-state index contributed by atoms with van der Waals surface area (Å²) in [5, 5.41) is 2.81. The summed E-state index contributed by atoms with van der Waals surface area (Å²) in [6.45, 7) is 3.81. The Hall–Kier alpha value is -2.57. The molecule has 0 radical (unpaired) electrons. The quantitative estimate of drug-likeness (QED) is 0.480. The van der Waals surface area contributed by atoms with E-state index in [1.807, 2.05) is 13.8 Å². The topological polar surface area (TPSA) is 132 Å². The Kier molecular flexibility index (Phi) is 5.52. The van der Waals surface area contributed by atoms with Gasteiger partial charge in [0.15, 0.2) is 5.96 Å². The van der Waals surface area contributed by atoms with Gasteiger partial charge in [0, 0.05) is 5.92 Å². The van der Waals surface area contributed by atoms with Crippen LogP contribution >= 0.6 is 0 Å². The molecule has 7 N–H and O–H groups in total. The summed E-state index contributed by atoms with van der Waals surface area (Å²) in [6, 6.07) is 7.02. The second kappa shape index (κ2) is 7.13. The van der Waals surface area contributed by atoms with Gasteiger partial charge in [-0.1, -0.05) is 26.0 Å². The highest BCUT2D eigenvalue weighted by Crippen LogP contribution is 2.25. The van der Waals surface area contributed by atoms with Crippen LogP contribution in [-0.4, -0.2) is 17.8 Å². The zero-order valence-electron chi connectivity index (χ0n) is 11.6. The molecule has 0 saturated carbocycles. The summed E-state index contributed by atoms with van der Waals surface area (Å²) in [4.78, 5) is 19.6. The summed E-state index contributed by atoms with van der Waals surface area (Å²) >= 11 is 0. The third-order valence-corrected chi connectivity index (χ3v) is 2.70. The Labute approximate surface area is 118 Å². The normalized spacial score (nSPS) is 12.6. The summed E-state index contributed by atoms with van der Waals surface area (Å²) in [7, 11) is 0. The molecule has 1 rings (SSSR count). The van der Waals surface area contributed by atoms with E-state index >= 15 is 0 Å². The van der Waals surface area contributed by atoms with Crippen molar-refractivity contribution < 1.29 is 4.79 Å². The fourth-order valence-corrected chi connectivity index (χ4v) is 1.40. The molecule has 108 valence electrons. The molecule has 1 aromatic carbocycles. The van der Waals surface area contributed by atoms with E-state index in [4.69, 9.17) is 17.2 Å². The lowest BCUT2D eigenvalue weighted by Crippen LogP contribution is -2.26. The van der Waals surface area contributed by atoms with Gasteiger partial charge in [0.05, 0.1) is 11.4 Å². The molecule has 7 heteroatoms. The fraction of sp³-hybridized carbons (Fsp3) is 0.308.